The standard InChI is InChI=1S/C38H48N8O4/c1-23(2)34(44-38(49)50-5)37(48)46-19-7-9-32(46)36-41-21-30(43-36)28-16-12-26(13-17-28)25-10-14-27(15-11-25)29-20-40-35(42-29)31-8-6-18-45(31)33(47)22-39-24(3)4/h10-17,20-21,23-24,31-32,34,39H,6-9,18-19,22H2,1-5H3,(H,40,42)(H,41,43)(H,44,49)/t31-,32-,34?/m0/s1. The molecule has 0 bridgehead atoms. The zero-order valence-electron chi connectivity index (χ0n) is 29.5. The van der Waals surface area contributed by atoms with Gasteiger partial charge in [-0.3, -0.25) is 9.59 Å². The lowest BCUT2D eigenvalue weighted by Gasteiger charge is -2.30. The van der Waals surface area contributed by atoms with Crippen LogP contribution < -0.4 is 10.6 Å². The number of imidazole rings is 2. The van der Waals surface area contributed by atoms with E-state index in [1.807, 2.05) is 49.9 Å². The molecule has 3 atom stereocenters. The number of nitrogens with zero attached hydrogens (tertiary/aromatic N) is 4. The second-order valence-electron chi connectivity index (χ2n) is 13.8. The lowest BCUT2D eigenvalue weighted by atomic mass is 10.0. The maximum atomic E-state index is 13.5. The monoisotopic (exact) mass is 680 g/mol. The number of carbonyl (C=O) groups is 3. The highest BCUT2D eigenvalue weighted by molar-refractivity contribution is 5.86. The van der Waals surface area contributed by atoms with Crippen molar-refractivity contribution in [3.8, 4) is 33.6 Å². The summed E-state index contributed by atoms with van der Waals surface area (Å²) in [6.45, 7) is 9.60. The molecule has 0 spiro atoms. The van der Waals surface area contributed by atoms with E-state index in [4.69, 9.17) is 4.74 Å². The average molecular weight is 681 g/mol. The maximum Gasteiger partial charge on any atom is 0.407 e. The van der Waals surface area contributed by atoms with Crippen LogP contribution in [0.25, 0.3) is 33.6 Å². The minimum absolute atomic E-state index is 0.0267. The van der Waals surface area contributed by atoms with E-state index >= 15 is 0 Å². The smallest absolute Gasteiger partial charge is 0.407 e. The Labute approximate surface area is 293 Å². The molecule has 0 radical (unpaired) electrons. The van der Waals surface area contributed by atoms with Crippen LogP contribution >= 0.6 is 0 Å². The number of hydrogen-bond acceptors (Lipinski definition) is 7. The van der Waals surface area contributed by atoms with Gasteiger partial charge in [0, 0.05) is 19.1 Å². The second kappa shape index (κ2) is 15.3. The molecular weight excluding hydrogens is 632 g/mol. The molecule has 2 saturated heterocycles. The van der Waals surface area contributed by atoms with Crippen molar-refractivity contribution in [3.05, 3.63) is 72.6 Å². The van der Waals surface area contributed by atoms with Gasteiger partial charge < -0.3 is 35.1 Å². The van der Waals surface area contributed by atoms with Crippen LogP contribution in [0.5, 0.6) is 0 Å². The number of aromatic nitrogens is 4. The summed E-state index contributed by atoms with van der Waals surface area (Å²) in [5.41, 5.74) is 6.02. The lowest BCUT2D eigenvalue weighted by molar-refractivity contribution is -0.135. The Balaban J connectivity index is 1.10. The molecule has 3 amide bonds. The zero-order valence-corrected chi connectivity index (χ0v) is 29.5. The van der Waals surface area contributed by atoms with Gasteiger partial charge in [0.15, 0.2) is 0 Å². The molecule has 2 aliphatic rings. The third-order valence-electron chi connectivity index (χ3n) is 9.71. The predicted molar refractivity (Wildman–Crippen MR) is 192 cm³/mol. The largest absolute Gasteiger partial charge is 0.453 e. The first-order chi connectivity index (χ1) is 24.1. The molecule has 4 N–H and O–H groups in total. The van der Waals surface area contributed by atoms with Gasteiger partial charge in [-0.2, -0.15) is 0 Å². The highest BCUT2D eigenvalue weighted by Gasteiger charge is 2.37. The van der Waals surface area contributed by atoms with E-state index < -0.39 is 12.1 Å². The topological polar surface area (TPSA) is 148 Å². The third kappa shape index (κ3) is 7.60. The number of nitrogens with one attached hydrogen (secondary N) is 4. The highest BCUT2D eigenvalue weighted by atomic mass is 16.5. The molecule has 264 valence electrons. The third-order valence-corrected chi connectivity index (χ3v) is 9.71. The first-order valence-corrected chi connectivity index (χ1v) is 17.6. The van der Waals surface area contributed by atoms with Crippen molar-refractivity contribution in [2.75, 3.05) is 26.7 Å². The van der Waals surface area contributed by atoms with Crippen LogP contribution in [-0.4, -0.2) is 86.5 Å². The predicted octanol–water partition coefficient (Wildman–Crippen LogP) is 5.84. The Bertz CT molecular complexity index is 1780. The number of methoxy groups -OCH3 is 1. The van der Waals surface area contributed by atoms with Crippen LogP contribution in [0.3, 0.4) is 0 Å². The maximum absolute atomic E-state index is 13.5. The van der Waals surface area contributed by atoms with Crippen LogP contribution in [0.4, 0.5) is 4.79 Å². The number of ether oxygens (including phenoxy) is 1. The summed E-state index contributed by atoms with van der Waals surface area (Å²) in [5.74, 6) is 1.46. The number of rotatable bonds is 11. The Morgan fingerprint density at radius 3 is 1.74 bits per heavy atom. The summed E-state index contributed by atoms with van der Waals surface area (Å²) in [5, 5.41) is 5.93. The van der Waals surface area contributed by atoms with E-state index in [0.29, 0.717) is 13.1 Å². The van der Waals surface area contributed by atoms with Crippen molar-refractivity contribution in [3.63, 3.8) is 0 Å². The molecule has 1 unspecified atom stereocenters. The Morgan fingerprint density at radius 1 is 0.780 bits per heavy atom. The van der Waals surface area contributed by atoms with Crippen molar-refractivity contribution in [2.45, 2.75) is 77.5 Å². The summed E-state index contributed by atoms with van der Waals surface area (Å²) in [6.07, 6.45) is 6.59. The van der Waals surface area contributed by atoms with Crippen LogP contribution in [0.1, 0.15) is 77.1 Å². The number of aromatic amines is 2. The SMILES string of the molecule is COC(=O)NC(C(=O)N1CCC[C@H]1c1ncc(-c2ccc(-c3ccc(-c4cnc([C@@H]5CCCN5C(=O)CNC(C)C)[nH]4)cc3)cc2)[nH]1)C(C)C. The van der Waals surface area contributed by atoms with Gasteiger partial charge in [-0.1, -0.05) is 76.2 Å². The number of likely N-dealkylation sites (tertiary alicyclic amines) is 2. The Morgan fingerprint density at radius 2 is 1.26 bits per heavy atom. The number of alkyl carbamates (subject to hydrolysis) is 1. The molecule has 0 saturated carbocycles. The van der Waals surface area contributed by atoms with E-state index in [0.717, 1.165) is 77.5 Å². The van der Waals surface area contributed by atoms with E-state index in [-0.39, 0.29) is 35.9 Å². The van der Waals surface area contributed by atoms with Crippen molar-refractivity contribution >= 4 is 17.9 Å². The van der Waals surface area contributed by atoms with Crippen molar-refractivity contribution in [2.24, 2.45) is 5.92 Å². The summed E-state index contributed by atoms with van der Waals surface area (Å²) in [6, 6.07) is 16.1. The van der Waals surface area contributed by atoms with Gasteiger partial charge in [0.25, 0.3) is 0 Å². The van der Waals surface area contributed by atoms with Gasteiger partial charge in [-0.15, -0.1) is 0 Å². The number of benzene rings is 2. The molecule has 2 aromatic heterocycles. The van der Waals surface area contributed by atoms with Crippen molar-refractivity contribution in [1.29, 1.82) is 0 Å². The first-order valence-electron chi connectivity index (χ1n) is 17.6. The molecule has 2 aliphatic heterocycles. The quantitative estimate of drug-likeness (QED) is 0.156. The molecule has 2 aromatic carbocycles. The minimum atomic E-state index is -0.673. The lowest BCUT2D eigenvalue weighted by Crippen LogP contribution is -2.51. The molecule has 50 heavy (non-hydrogen) atoms. The fraction of sp³-hybridized carbons (Fsp3) is 0.447. The van der Waals surface area contributed by atoms with Crippen LogP contribution in [0.2, 0.25) is 0 Å². The summed E-state index contributed by atoms with van der Waals surface area (Å²) in [4.78, 5) is 58.3. The van der Waals surface area contributed by atoms with E-state index in [1.54, 1.807) is 0 Å². The molecule has 0 aliphatic carbocycles. The molecule has 6 rings (SSSR count). The Kier molecular flexibility index (Phi) is 10.7. The fourth-order valence-electron chi connectivity index (χ4n) is 6.93. The summed E-state index contributed by atoms with van der Waals surface area (Å²) in [7, 11) is 1.30. The van der Waals surface area contributed by atoms with Crippen molar-refractivity contribution < 1.29 is 19.1 Å². The van der Waals surface area contributed by atoms with Crippen LogP contribution in [-0.2, 0) is 14.3 Å². The molecule has 12 nitrogen and oxygen atoms in total. The van der Waals surface area contributed by atoms with E-state index in [1.165, 1.54) is 7.11 Å². The molecular formula is C38H48N8O4. The number of H-pyrrole nitrogens is 2. The summed E-state index contributed by atoms with van der Waals surface area (Å²) < 4.78 is 4.75. The fourth-order valence-corrected chi connectivity index (χ4v) is 6.93. The van der Waals surface area contributed by atoms with Gasteiger partial charge in [-0.25, -0.2) is 14.8 Å². The van der Waals surface area contributed by atoms with Crippen molar-refractivity contribution in [1.82, 2.24) is 40.4 Å². The number of amides is 3. The van der Waals surface area contributed by atoms with Gasteiger partial charge in [0.1, 0.15) is 17.7 Å². The van der Waals surface area contributed by atoms with Gasteiger partial charge in [0.2, 0.25) is 11.8 Å². The number of carbonyl (C=O) groups excluding carboxylic acids is 3. The van der Waals surface area contributed by atoms with E-state index in [9.17, 15) is 14.4 Å². The molecule has 4 heterocycles. The van der Waals surface area contributed by atoms with Gasteiger partial charge >= 0.3 is 6.09 Å². The normalized spacial score (nSPS) is 18.2. The average Bonchev–Trinajstić information content (AvgIpc) is 3.95. The summed E-state index contributed by atoms with van der Waals surface area (Å²) >= 11 is 0. The molecule has 2 fully saturated rings. The van der Waals surface area contributed by atoms with Gasteiger partial charge in [0.05, 0.1) is 49.5 Å². The Hall–Kier alpha value is -4.97. The van der Waals surface area contributed by atoms with Crippen LogP contribution in [0.15, 0.2) is 60.9 Å². The van der Waals surface area contributed by atoms with E-state index in [2.05, 4.69) is 79.1 Å². The minimum Gasteiger partial charge on any atom is -0.453 e. The molecule has 4 aromatic rings. The second-order valence-corrected chi connectivity index (χ2v) is 13.8. The zero-order chi connectivity index (χ0) is 35.4. The number of hydrogen-bond donors (Lipinski definition) is 4. The molecule has 12 heteroatoms. The van der Waals surface area contributed by atoms with Gasteiger partial charge in [-0.05, 0) is 53.9 Å². The highest BCUT2D eigenvalue weighted by Crippen LogP contribution is 2.34. The first kappa shape index (κ1) is 34.9. The van der Waals surface area contributed by atoms with Crippen LogP contribution in [0, 0.1) is 5.92 Å².